The van der Waals surface area contributed by atoms with Crippen LogP contribution in [0.5, 0.6) is 11.5 Å². The highest BCUT2D eigenvalue weighted by Gasteiger charge is 2.64. The van der Waals surface area contributed by atoms with Gasteiger partial charge < -0.3 is 14.8 Å². The van der Waals surface area contributed by atoms with Crippen molar-refractivity contribution in [3.8, 4) is 11.5 Å². The zero-order valence-electron chi connectivity index (χ0n) is 14.4. The molecule has 0 saturated heterocycles. The fourth-order valence-corrected chi connectivity index (χ4v) is 3.32. The Hall–Kier alpha value is -1.22. The van der Waals surface area contributed by atoms with Crippen molar-refractivity contribution >= 4 is 0 Å². The molecule has 118 valence electrons. The molecule has 0 amide bonds. The van der Waals surface area contributed by atoms with Crippen LogP contribution < -0.4 is 14.8 Å². The molecule has 1 saturated carbocycles. The molecule has 1 fully saturated rings. The van der Waals surface area contributed by atoms with Gasteiger partial charge >= 0.3 is 0 Å². The number of nitrogens with one attached hydrogen (secondary N) is 1. The summed E-state index contributed by atoms with van der Waals surface area (Å²) in [6.07, 6.45) is 0.989. The molecule has 2 rings (SSSR count). The van der Waals surface area contributed by atoms with Gasteiger partial charge in [0.25, 0.3) is 0 Å². The highest BCUT2D eigenvalue weighted by Crippen LogP contribution is 2.62. The monoisotopic (exact) mass is 291 g/mol. The Balaban J connectivity index is 1.99. The summed E-state index contributed by atoms with van der Waals surface area (Å²) < 4.78 is 10.7. The first-order valence-electron chi connectivity index (χ1n) is 7.71. The molecule has 3 nitrogen and oxygen atoms in total. The molecule has 1 unspecified atom stereocenters. The molecule has 1 aromatic rings. The minimum Gasteiger partial charge on any atom is -0.493 e. The minimum atomic E-state index is 0.374. The predicted molar refractivity (Wildman–Crippen MR) is 87.2 cm³/mol. The zero-order valence-corrected chi connectivity index (χ0v) is 14.4. The third-order valence-corrected chi connectivity index (χ3v) is 5.46. The van der Waals surface area contributed by atoms with E-state index in [-0.39, 0.29) is 0 Å². The summed E-state index contributed by atoms with van der Waals surface area (Å²) in [6, 6.07) is 7.18. The molecular formula is C18H29NO2. The number of rotatable bonds is 6. The second-order valence-corrected chi connectivity index (χ2v) is 7.34. The molecule has 21 heavy (non-hydrogen) atoms. The maximum absolute atomic E-state index is 5.37. The van der Waals surface area contributed by atoms with Gasteiger partial charge in [-0.1, -0.05) is 33.8 Å². The van der Waals surface area contributed by atoms with Crippen molar-refractivity contribution in [3.05, 3.63) is 23.8 Å². The maximum Gasteiger partial charge on any atom is 0.160 e. The van der Waals surface area contributed by atoms with E-state index >= 15 is 0 Å². The third kappa shape index (κ3) is 2.89. The second-order valence-electron chi connectivity index (χ2n) is 7.34. The van der Waals surface area contributed by atoms with Crippen LogP contribution in [-0.4, -0.2) is 26.3 Å². The van der Waals surface area contributed by atoms with Crippen LogP contribution in [0.15, 0.2) is 18.2 Å². The van der Waals surface area contributed by atoms with Crippen LogP contribution in [0.25, 0.3) is 0 Å². The Morgan fingerprint density at radius 3 is 2.10 bits per heavy atom. The van der Waals surface area contributed by atoms with E-state index in [2.05, 4.69) is 52.1 Å². The Labute approximate surface area is 129 Å². The molecule has 1 aliphatic rings. The second kappa shape index (κ2) is 5.53. The number of hydrogen-bond acceptors (Lipinski definition) is 3. The average molecular weight is 291 g/mol. The third-order valence-electron chi connectivity index (χ3n) is 5.46. The van der Waals surface area contributed by atoms with Crippen molar-refractivity contribution < 1.29 is 9.47 Å². The van der Waals surface area contributed by atoms with Gasteiger partial charge in [0.05, 0.1) is 14.2 Å². The van der Waals surface area contributed by atoms with Crippen LogP contribution in [0.3, 0.4) is 0 Å². The topological polar surface area (TPSA) is 30.5 Å². The summed E-state index contributed by atoms with van der Waals surface area (Å²) in [5, 5.41) is 3.78. The van der Waals surface area contributed by atoms with Crippen molar-refractivity contribution in [1.29, 1.82) is 0 Å². The Morgan fingerprint density at radius 2 is 1.62 bits per heavy atom. The van der Waals surface area contributed by atoms with Crippen molar-refractivity contribution in [3.63, 3.8) is 0 Å². The van der Waals surface area contributed by atoms with Crippen LogP contribution >= 0.6 is 0 Å². The Bertz CT molecular complexity index is 494. The molecule has 1 aliphatic carbocycles. The highest BCUT2D eigenvalue weighted by molar-refractivity contribution is 5.43. The van der Waals surface area contributed by atoms with E-state index in [0.717, 1.165) is 17.9 Å². The lowest BCUT2D eigenvalue weighted by atomic mass is 10.0. The standard InChI is InChI=1S/C18H29NO2/c1-12(19-16-17(2,3)18(16,4)5)10-13-8-9-14(20-6)15(11-13)21-7/h8-9,11-12,16,19H,10H2,1-7H3. The van der Waals surface area contributed by atoms with Gasteiger partial charge in [-0.25, -0.2) is 0 Å². The van der Waals surface area contributed by atoms with Gasteiger partial charge in [0, 0.05) is 12.1 Å². The number of ether oxygens (including phenoxy) is 2. The minimum absolute atomic E-state index is 0.374. The van der Waals surface area contributed by atoms with Crippen molar-refractivity contribution in [1.82, 2.24) is 5.32 Å². The summed E-state index contributed by atoms with van der Waals surface area (Å²) in [5.41, 5.74) is 2.02. The summed E-state index contributed by atoms with van der Waals surface area (Å²) in [4.78, 5) is 0. The zero-order chi connectivity index (χ0) is 15.8. The van der Waals surface area contributed by atoms with E-state index in [1.165, 1.54) is 5.56 Å². The molecule has 0 radical (unpaired) electrons. The molecule has 0 spiro atoms. The summed E-state index contributed by atoms with van der Waals surface area (Å²) in [6.45, 7) is 11.6. The van der Waals surface area contributed by atoms with E-state index in [0.29, 0.717) is 22.9 Å². The van der Waals surface area contributed by atoms with Gasteiger partial charge in [-0.2, -0.15) is 0 Å². The van der Waals surface area contributed by atoms with Crippen LogP contribution in [0.4, 0.5) is 0 Å². The quantitative estimate of drug-likeness (QED) is 0.867. The van der Waals surface area contributed by atoms with Crippen LogP contribution in [-0.2, 0) is 6.42 Å². The van der Waals surface area contributed by atoms with Crippen LogP contribution in [0.1, 0.15) is 40.2 Å². The van der Waals surface area contributed by atoms with E-state index in [1.54, 1.807) is 14.2 Å². The molecule has 1 aromatic carbocycles. The maximum atomic E-state index is 5.37. The number of hydrogen-bond donors (Lipinski definition) is 1. The molecular weight excluding hydrogens is 262 g/mol. The molecule has 3 heteroatoms. The molecule has 0 bridgehead atoms. The normalized spacial score (nSPS) is 20.9. The lowest BCUT2D eigenvalue weighted by Crippen LogP contribution is -2.33. The van der Waals surface area contributed by atoms with E-state index in [1.807, 2.05) is 6.07 Å². The first-order valence-corrected chi connectivity index (χ1v) is 7.71. The summed E-state index contributed by atoms with van der Waals surface area (Å²) in [5.74, 6) is 1.58. The van der Waals surface area contributed by atoms with Crippen molar-refractivity contribution in [2.75, 3.05) is 14.2 Å². The van der Waals surface area contributed by atoms with E-state index < -0.39 is 0 Å². The van der Waals surface area contributed by atoms with Crippen molar-refractivity contribution in [2.24, 2.45) is 10.8 Å². The van der Waals surface area contributed by atoms with Crippen molar-refractivity contribution in [2.45, 2.75) is 53.1 Å². The van der Waals surface area contributed by atoms with Gasteiger partial charge in [0.2, 0.25) is 0 Å². The van der Waals surface area contributed by atoms with Crippen LogP contribution in [0, 0.1) is 10.8 Å². The molecule has 1 N–H and O–H groups in total. The molecule has 1 atom stereocenters. The number of methoxy groups -OCH3 is 2. The molecule has 0 aliphatic heterocycles. The Kier molecular flexibility index (Phi) is 4.25. The predicted octanol–water partition coefficient (Wildman–Crippen LogP) is 3.66. The Morgan fingerprint density at radius 1 is 1.05 bits per heavy atom. The van der Waals surface area contributed by atoms with E-state index in [9.17, 15) is 0 Å². The van der Waals surface area contributed by atoms with Gasteiger partial charge in [0.15, 0.2) is 11.5 Å². The first-order chi connectivity index (χ1) is 9.73. The lowest BCUT2D eigenvalue weighted by molar-refractivity contribution is 0.354. The fourth-order valence-electron chi connectivity index (χ4n) is 3.32. The van der Waals surface area contributed by atoms with Gasteiger partial charge in [0.1, 0.15) is 0 Å². The SMILES string of the molecule is COc1ccc(CC(C)NC2C(C)(C)C2(C)C)cc1OC. The largest absolute Gasteiger partial charge is 0.493 e. The fraction of sp³-hybridized carbons (Fsp3) is 0.667. The highest BCUT2D eigenvalue weighted by atomic mass is 16.5. The van der Waals surface area contributed by atoms with E-state index in [4.69, 9.17) is 9.47 Å². The smallest absolute Gasteiger partial charge is 0.160 e. The lowest BCUT2D eigenvalue weighted by Gasteiger charge is -2.17. The summed E-state index contributed by atoms with van der Waals surface area (Å²) in [7, 11) is 3.34. The molecule has 0 aromatic heterocycles. The summed E-state index contributed by atoms with van der Waals surface area (Å²) >= 11 is 0. The first kappa shape index (κ1) is 16.2. The number of benzene rings is 1. The average Bonchev–Trinajstić information content (AvgIpc) is 2.81. The molecule has 0 heterocycles. The van der Waals surface area contributed by atoms with Crippen LogP contribution in [0.2, 0.25) is 0 Å². The van der Waals surface area contributed by atoms with Gasteiger partial charge in [-0.15, -0.1) is 0 Å². The van der Waals surface area contributed by atoms with Gasteiger partial charge in [-0.3, -0.25) is 0 Å². The van der Waals surface area contributed by atoms with Gasteiger partial charge in [-0.05, 0) is 41.9 Å².